The van der Waals surface area contributed by atoms with Gasteiger partial charge in [-0.1, -0.05) is 32.8 Å². The summed E-state index contributed by atoms with van der Waals surface area (Å²) in [5.41, 5.74) is 2.14. The highest BCUT2D eigenvalue weighted by Gasteiger charge is 2.27. The number of benzene rings is 1. The molecule has 1 aliphatic rings. The Morgan fingerprint density at radius 2 is 2.10 bits per heavy atom. The summed E-state index contributed by atoms with van der Waals surface area (Å²) in [7, 11) is 0. The van der Waals surface area contributed by atoms with Crippen molar-refractivity contribution >= 4 is 5.69 Å². The third-order valence-electron chi connectivity index (χ3n) is 4.49. The quantitative estimate of drug-likeness (QED) is 0.936. The normalized spacial score (nSPS) is 22.4. The SMILES string of the molecule is CC(C)C1CCCCC1Nc1cccc(-n2cnnn2)c1. The van der Waals surface area contributed by atoms with Crippen molar-refractivity contribution in [1.29, 1.82) is 0 Å². The van der Waals surface area contributed by atoms with E-state index < -0.39 is 0 Å². The lowest BCUT2D eigenvalue weighted by Crippen LogP contribution is -2.35. The van der Waals surface area contributed by atoms with Crippen LogP contribution in [0.15, 0.2) is 30.6 Å². The van der Waals surface area contributed by atoms with E-state index in [1.807, 2.05) is 12.1 Å². The fourth-order valence-corrected chi connectivity index (χ4v) is 3.37. The van der Waals surface area contributed by atoms with Gasteiger partial charge in [-0.2, -0.15) is 0 Å². The third-order valence-corrected chi connectivity index (χ3v) is 4.49. The van der Waals surface area contributed by atoms with Gasteiger partial charge in [0.1, 0.15) is 6.33 Å². The van der Waals surface area contributed by atoms with Crippen LogP contribution in [-0.2, 0) is 0 Å². The number of tetrazole rings is 1. The first kappa shape index (κ1) is 14.0. The molecule has 0 radical (unpaired) electrons. The molecule has 1 aliphatic carbocycles. The van der Waals surface area contributed by atoms with Gasteiger partial charge in [0, 0.05) is 11.7 Å². The monoisotopic (exact) mass is 285 g/mol. The molecule has 1 aromatic carbocycles. The van der Waals surface area contributed by atoms with Crippen molar-refractivity contribution in [3.05, 3.63) is 30.6 Å². The van der Waals surface area contributed by atoms with Gasteiger partial charge in [0.25, 0.3) is 0 Å². The second kappa shape index (κ2) is 6.24. The first-order valence-corrected chi connectivity index (χ1v) is 7.84. The van der Waals surface area contributed by atoms with Crippen molar-refractivity contribution in [2.45, 2.75) is 45.6 Å². The minimum Gasteiger partial charge on any atom is -0.382 e. The third kappa shape index (κ3) is 3.23. The fourth-order valence-electron chi connectivity index (χ4n) is 3.37. The van der Waals surface area contributed by atoms with Crippen LogP contribution < -0.4 is 5.32 Å². The second-order valence-corrected chi connectivity index (χ2v) is 6.25. The molecule has 0 spiro atoms. The van der Waals surface area contributed by atoms with Crippen LogP contribution in [0.25, 0.3) is 5.69 Å². The smallest absolute Gasteiger partial charge is 0.143 e. The second-order valence-electron chi connectivity index (χ2n) is 6.25. The largest absolute Gasteiger partial charge is 0.382 e. The van der Waals surface area contributed by atoms with Crippen LogP contribution in [0, 0.1) is 11.8 Å². The van der Waals surface area contributed by atoms with Gasteiger partial charge in [0.15, 0.2) is 0 Å². The Hall–Kier alpha value is -1.91. The molecular weight excluding hydrogens is 262 g/mol. The molecule has 1 saturated carbocycles. The van der Waals surface area contributed by atoms with E-state index in [4.69, 9.17) is 0 Å². The average Bonchev–Trinajstić information content (AvgIpc) is 3.02. The van der Waals surface area contributed by atoms with Crippen molar-refractivity contribution in [1.82, 2.24) is 20.2 Å². The molecule has 2 aromatic rings. The van der Waals surface area contributed by atoms with Gasteiger partial charge in [0.05, 0.1) is 5.69 Å². The highest BCUT2D eigenvalue weighted by Crippen LogP contribution is 2.32. The molecule has 0 saturated heterocycles. The van der Waals surface area contributed by atoms with Gasteiger partial charge >= 0.3 is 0 Å². The highest BCUT2D eigenvalue weighted by molar-refractivity contribution is 5.51. The maximum absolute atomic E-state index is 3.95. The molecule has 3 rings (SSSR count). The van der Waals surface area contributed by atoms with Crippen LogP contribution in [0.4, 0.5) is 5.69 Å². The van der Waals surface area contributed by atoms with Crippen LogP contribution in [0.3, 0.4) is 0 Å². The molecule has 1 aromatic heterocycles. The van der Waals surface area contributed by atoms with Gasteiger partial charge in [-0.05, 0) is 53.3 Å². The molecule has 1 heterocycles. The zero-order valence-corrected chi connectivity index (χ0v) is 12.7. The van der Waals surface area contributed by atoms with Gasteiger partial charge < -0.3 is 5.32 Å². The van der Waals surface area contributed by atoms with E-state index in [0.29, 0.717) is 6.04 Å². The first-order valence-electron chi connectivity index (χ1n) is 7.84. The minimum absolute atomic E-state index is 0.572. The summed E-state index contributed by atoms with van der Waals surface area (Å²) in [5.74, 6) is 1.49. The first-order chi connectivity index (χ1) is 10.2. The number of nitrogens with zero attached hydrogens (tertiary/aromatic N) is 4. The Morgan fingerprint density at radius 1 is 1.24 bits per heavy atom. The number of anilines is 1. The number of hydrogen-bond donors (Lipinski definition) is 1. The van der Waals surface area contributed by atoms with Crippen molar-refractivity contribution in [3.63, 3.8) is 0 Å². The number of hydrogen-bond acceptors (Lipinski definition) is 4. The molecule has 1 fully saturated rings. The van der Waals surface area contributed by atoms with Gasteiger partial charge in [0.2, 0.25) is 0 Å². The summed E-state index contributed by atoms with van der Waals surface area (Å²) in [6.45, 7) is 4.67. The van der Waals surface area contributed by atoms with Crippen LogP contribution >= 0.6 is 0 Å². The molecule has 1 N–H and O–H groups in total. The maximum Gasteiger partial charge on any atom is 0.143 e. The summed E-state index contributed by atoms with van der Waals surface area (Å²) in [4.78, 5) is 0. The summed E-state index contributed by atoms with van der Waals surface area (Å²) < 4.78 is 1.69. The lowest BCUT2D eigenvalue weighted by atomic mass is 9.78. The van der Waals surface area contributed by atoms with E-state index >= 15 is 0 Å². The highest BCUT2D eigenvalue weighted by atomic mass is 15.5. The number of rotatable bonds is 4. The van der Waals surface area contributed by atoms with Crippen LogP contribution in [-0.4, -0.2) is 26.2 Å². The van der Waals surface area contributed by atoms with Gasteiger partial charge in [-0.25, -0.2) is 4.68 Å². The molecule has 5 nitrogen and oxygen atoms in total. The standard InChI is InChI=1S/C16H23N5/c1-12(2)15-8-3-4-9-16(15)18-13-6-5-7-14(10-13)21-11-17-19-20-21/h5-7,10-12,15-16,18H,3-4,8-9H2,1-2H3. The van der Waals surface area contributed by atoms with Crippen LogP contribution in [0.5, 0.6) is 0 Å². The lowest BCUT2D eigenvalue weighted by Gasteiger charge is -2.35. The fraction of sp³-hybridized carbons (Fsp3) is 0.562. The van der Waals surface area contributed by atoms with Crippen molar-refractivity contribution in [2.75, 3.05) is 5.32 Å². The predicted molar refractivity (Wildman–Crippen MR) is 83.4 cm³/mol. The molecule has 2 unspecified atom stereocenters. The van der Waals surface area contributed by atoms with E-state index in [1.54, 1.807) is 11.0 Å². The number of aromatic nitrogens is 4. The summed E-state index contributed by atoms with van der Waals surface area (Å²) in [6, 6.07) is 8.87. The molecule has 21 heavy (non-hydrogen) atoms. The zero-order valence-electron chi connectivity index (χ0n) is 12.7. The van der Waals surface area contributed by atoms with Crippen LogP contribution in [0.2, 0.25) is 0 Å². The summed E-state index contributed by atoms with van der Waals surface area (Å²) >= 11 is 0. The summed E-state index contributed by atoms with van der Waals surface area (Å²) in [5, 5.41) is 15.1. The molecule has 5 heteroatoms. The number of nitrogens with one attached hydrogen (secondary N) is 1. The molecule has 0 aliphatic heterocycles. The summed E-state index contributed by atoms with van der Waals surface area (Å²) in [6.07, 6.45) is 6.91. The van der Waals surface area contributed by atoms with Gasteiger partial charge in [-0.15, -0.1) is 5.10 Å². The topological polar surface area (TPSA) is 55.6 Å². The van der Waals surface area contributed by atoms with Gasteiger partial charge in [-0.3, -0.25) is 0 Å². The molecule has 0 bridgehead atoms. The Labute approximate surface area is 125 Å². The molecule has 112 valence electrons. The molecule has 2 atom stereocenters. The molecular formula is C16H23N5. The van der Waals surface area contributed by atoms with Crippen molar-refractivity contribution in [2.24, 2.45) is 11.8 Å². The lowest BCUT2D eigenvalue weighted by molar-refractivity contribution is 0.254. The zero-order chi connectivity index (χ0) is 14.7. The Morgan fingerprint density at radius 3 is 2.86 bits per heavy atom. The Bertz CT molecular complexity index is 564. The maximum atomic E-state index is 3.95. The van der Waals surface area contributed by atoms with Crippen molar-refractivity contribution < 1.29 is 0 Å². The van der Waals surface area contributed by atoms with E-state index in [2.05, 4.69) is 46.8 Å². The van der Waals surface area contributed by atoms with E-state index in [1.165, 1.54) is 25.7 Å². The van der Waals surface area contributed by atoms with Crippen LogP contribution in [0.1, 0.15) is 39.5 Å². The Kier molecular flexibility index (Phi) is 4.18. The minimum atomic E-state index is 0.572. The predicted octanol–water partition coefficient (Wildman–Crippen LogP) is 3.29. The van der Waals surface area contributed by atoms with Crippen molar-refractivity contribution in [3.8, 4) is 5.69 Å². The van der Waals surface area contributed by atoms with E-state index in [-0.39, 0.29) is 0 Å². The average molecular weight is 285 g/mol. The Balaban J connectivity index is 1.76. The van der Waals surface area contributed by atoms with E-state index in [9.17, 15) is 0 Å². The molecule has 0 amide bonds. The van der Waals surface area contributed by atoms with E-state index in [0.717, 1.165) is 23.2 Å².